The van der Waals surface area contributed by atoms with E-state index < -0.39 is 0 Å². The van der Waals surface area contributed by atoms with Gasteiger partial charge in [-0.05, 0) is 25.1 Å². The van der Waals surface area contributed by atoms with E-state index in [1.54, 1.807) is 0 Å². The average Bonchev–Trinajstić information content (AvgIpc) is 2.45. The van der Waals surface area contributed by atoms with Gasteiger partial charge in [0.25, 0.3) is 0 Å². The van der Waals surface area contributed by atoms with Gasteiger partial charge in [0, 0.05) is 28.9 Å². The Kier molecular flexibility index (Phi) is 5.39. The van der Waals surface area contributed by atoms with Crippen molar-refractivity contribution in [3.8, 4) is 5.88 Å². The topological polar surface area (TPSA) is 34.1 Å². The number of rotatable bonds is 6. The van der Waals surface area contributed by atoms with E-state index in [0.717, 1.165) is 24.3 Å². The minimum Gasteiger partial charge on any atom is -0.473 e. The quantitative estimate of drug-likeness (QED) is 0.880. The highest BCUT2D eigenvalue weighted by Crippen LogP contribution is 2.18. The first kappa shape index (κ1) is 14.8. The Bertz CT molecular complexity index is 572. The average molecular weight is 291 g/mol. The van der Waals surface area contributed by atoms with Gasteiger partial charge in [0.1, 0.15) is 6.61 Å². The Morgan fingerprint density at radius 1 is 1.15 bits per heavy atom. The van der Waals surface area contributed by atoms with Crippen LogP contribution in [0.4, 0.5) is 0 Å². The van der Waals surface area contributed by atoms with E-state index in [9.17, 15) is 0 Å². The number of halogens is 1. The van der Waals surface area contributed by atoms with Gasteiger partial charge < -0.3 is 10.1 Å². The smallest absolute Gasteiger partial charge is 0.213 e. The fourth-order valence-electron chi connectivity index (χ4n) is 1.86. The Hall–Kier alpha value is -1.58. The SMILES string of the molecule is CCNCc1ccc(OCc2ccccc2Cl)nc1C. The van der Waals surface area contributed by atoms with Gasteiger partial charge in [-0.2, -0.15) is 0 Å². The van der Waals surface area contributed by atoms with Crippen LogP contribution in [-0.2, 0) is 13.2 Å². The molecule has 0 aliphatic rings. The molecule has 1 aromatic carbocycles. The van der Waals surface area contributed by atoms with Crippen molar-refractivity contribution in [1.82, 2.24) is 10.3 Å². The molecule has 0 radical (unpaired) electrons. The molecule has 0 aliphatic carbocycles. The number of nitrogens with one attached hydrogen (secondary N) is 1. The van der Waals surface area contributed by atoms with Crippen LogP contribution >= 0.6 is 11.6 Å². The van der Waals surface area contributed by atoms with Crippen molar-refractivity contribution >= 4 is 11.6 Å². The summed E-state index contributed by atoms with van der Waals surface area (Å²) in [4.78, 5) is 4.47. The molecule has 0 bridgehead atoms. The predicted octanol–water partition coefficient (Wildman–Crippen LogP) is 3.73. The molecule has 0 spiro atoms. The number of aryl methyl sites for hydroxylation is 1. The zero-order chi connectivity index (χ0) is 14.4. The Balaban J connectivity index is 2.00. The summed E-state index contributed by atoms with van der Waals surface area (Å²) in [5.74, 6) is 0.627. The van der Waals surface area contributed by atoms with E-state index in [1.807, 2.05) is 43.3 Å². The van der Waals surface area contributed by atoms with Crippen LogP contribution in [0.1, 0.15) is 23.7 Å². The molecule has 2 rings (SSSR count). The van der Waals surface area contributed by atoms with E-state index in [2.05, 4.69) is 17.2 Å². The van der Waals surface area contributed by atoms with Gasteiger partial charge in [0.15, 0.2) is 0 Å². The van der Waals surface area contributed by atoms with E-state index >= 15 is 0 Å². The van der Waals surface area contributed by atoms with Crippen molar-refractivity contribution in [1.29, 1.82) is 0 Å². The third kappa shape index (κ3) is 3.95. The molecule has 0 saturated carbocycles. The van der Waals surface area contributed by atoms with Crippen LogP contribution in [-0.4, -0.2) is 11.5 Å². The van der Waals surface area contributed by atoms with E-state index in [1.165, 1.54) is 5.56 Å². The summed E-state index contributed by atoms with van der Waals surface area (Å²) in [6, 6.07) is 11.6. The molecular formula is C16H19ClN2O. The van der Waals surface area contributed by atoms with Crippen molar-refractivity contribution in [3.63, 3.8) is 0 Å². The monoisotopic (exact) mass is 290 g/mol. The maximum Gasteiger partial charge on any atom is 0.213 e. The van der Waals surface area contributed by atoms with Gasteiger partial charge in [-0.1, -0.05) is 42.8 Å². The third-order valence-electron chi connectivity index (χ3n) is 3.07. The summed E-state index contributed by atoms with van der Waals surface area (Å²) in [6.07, 6.45) is 0. The fraction of sp³-hybridized carbons (Fsp3) is 0.312. The minimum atomic E-state index is 0.429. The summed E-state index contributed by atoms with van der Waals surface area (Å²) >= 11 is 6.10. The molecule has 20 heavy (non-hydrogen) atoms. The predicted molar refractivity (Wildman–Crippen MR) is 82.1 cm³/mol. The zero-order valence-electron chi connectivity index (χ0n) is 11.8. The second-order valence-corrected chi connectivity index (χ2v) is 4.96. The summed E-state index contributed by atoms with van der Waals surface area (Å²) < 4.78 is 5.70. The van der Waals surface area contributed by atoms with Crippen LogP contribution in [0.2, 0.25) is 5.02 Å². The molecule has 1 aromatic heterocycles. The second-order valence-electron chi connectivity index (χ2n) is 4.55. The van der Waals surface area contributed by atoms with Crippen LogP contribution in [0.5, 0.6) is 5.88 Å². The fourth-order valence-corrected chi connectivity index (χ4v) is 2.05. The normalized spacial score (nSPS) is 10.6. The van der Waals surface area contributed by atoms with Crippen molar-refractivity contribution < 1.29 is 4.74 Å². The molecule has 0 saturated heterocycles. The molecular weight excluding hydrogens is 272 g/mol. The Morgan fingerprint density at radius 2 is 1.95 bits per heavy atom. The van der Waals surface area contributed by atoms with Crippen molar-refractivity contribution in [2.75, 3.05) is 6.54 Å². The first-order valence-electron chi connectivity index (χ1n) is 6.74. The molecule has 0 unspecified atom stereocenters. The molecule has 2 aromatic rings. The van der Waals surface area contributed by atoms with Crippen molar-refractivity contribution in [2.45, 2.75) is 27.0 Å². The van der Waals surface area contributed by atoms with Gasteiger partial charge >= 0.3 is 0 Å². The minimum absolute atomic E-state index is 0.429. The van der Waals surface area contributed by atoms with Gasteiger partial charge in [0.05, 0.1) is 0 Å². The molecule has 106 valence electrons. The van der Waals surface area contributed by atoms with Crippen LogP contribution in [0, 0.1) is 6.92 Å². The number of ether oxygens (including phenoxy) is 1. The van der Waals surface area contributed by atoms with Crippen LogP contribution < -0.4 is 10.1 Å². The molecule has 0 atom stereocenters. The lowest BCUT2D eigenvalue weighted by molar-refractivity contribution is 0.293. The highest BCUT2D eigenvalue weighted by molar-refractivity contribution is 6.31. The van der Waals surface area contributed by atoms with Gasteiger partial charge in [-0.25, -0.2) is 4.98 Å². The maximum absolute atomic E-state index is 6.10. The summed E-state index contributed by atoms with van der Waals surface area (Å²) in [7, 11) is 0. The third-order valence-corrected chi connectivity index (χ3v) is 3.44. The number of pyridine rings is 1. The lowest BCUT2D eigenvalue weighted by Crippen LogP contribution is -2.13. The molecule has 1 heterocycles. The van der Waals surface area contributed by atoms with Crippen LogP contribution in [0.25, 0.3) is 0 Å². The first-order valence-corrected chi connectivity index (χ1v) is 7.12. The Morgan fingerprint density at radius 3 is 2.65 bits per heavy atom. The molecule has 4 heteroatoms. The number of aromatic nitrogens is 1. The molecule has 3 nitrogen and oxygen atoms in total. The maximum atomic E-state index is 6.10. The molecule has 0 aliphatic heterocycles. The highest BCUT2D eigenvalue weighted by atomic mass is 35.5. The number of hydrogen-bond donors (Lipinski definition) is 1. The molecule has 1 N–H and O–H groups in total. The second kappa shape index (κ2) is 7.27. The summed E-state index contributed by atoms with van der Waals surface area (Å²) in [5, 5.41) is 4.01. The van der Waals surface area contributed by atoms with Crippen molar-refractivity contribution in [2.24, 2.45) is 0 Å². The number of nitrogens with zero attached hydrogens (tertiary/aromatic N) is 1. The molecule has 0 fully saturated rings. The number of hydrogen-bond acceptors (Lipinski definition) is 3. The largest absolute Gasteiger partial charge is 0.473 e. The standard InChI is InChI=1S/C16H19ClN2O/c1-3-18-10-13-8-9-16(19-12(13)2)20-11-14-6-4-5-7-15(14)17/h4-9,18H,3,10-11H2,1-2H3. The number of benzene rings is 1. The lowest BCUT2D eigenvalue weighted by atomic mass is 10.2. The zero-order valence-corrected chi connectivity index (χ0v) is 12.6. The van der Waals surface area contributed by atoms with Gasteiger partial charge in [0.2, 0.25) is 5.88 Å². The van der Waals surface area contributed by atoms with E-state index in [0.29, 0.717) is 17.5 Å². The van der Waals surface area contributed by atoms with Crippen LogP contribution in [0.15, 0.2) is 36.4 Å². The summed E-state index contributed by atoms with van der Waals surface area (Å²) in [6.45, 7) is 6.29. The highest BCUT2D eigenvalue weighted by Gasteiger charge is 2.04. The van der Waals surface area contributed by atoms with Crippen LogP contribution in [0.3, 0.4) is 0 Å². The van der Waals surface area contributed by atoms with Crippen molar-refractivity contribution in [3.05, 3.63) is 58.2 Å². The van der Waals surface area contributed by atoms with E-state index in [-0.39, 0.29) is 0 Å². The van der Waals surface area contributed by atoms with Gasteiger partial charge in [-0.3, -0.25) is 0 Å². The van der Waals surface area contributed by atoms with Gasteiger partial charge in [-0.15, -0.1) is 0 Å². The molecule has 0 amide bonds. The first-order chi connectivity index (χ1) is 9.70. The summed E-state index contributed by atoms with van der Waals surface area (Å²) in [5.41, 5.74) is 3.14. The lowest BCUT2D eigenvalue weighted by Gasteiger charge is -2.10. The Labute approximate surface area is 124 Å². The van der Waals surface area contributed by atoms with E-state index in [4.69, 9.17) is 16.3 Å².